The Balaban J connectivity index is 1.82. The van der Waals surface area contributed by atoms with E-state index in [1.54, 1.807) is 54.6 Å². The average molecular weight is 350 g/mol. The van der Waals surface area contributed by atoms with Gasteiger partial charge in [-0.15, -0.1) is 0 Å². The minimum Gasteiger partial charge on any atom is -0.494 e. The second-order valence-corrected chi connectivity index (χ2v) is 5.15. The van der Waals surface area contributed by atoms with Crippen molar-refractivity contribution in [1.29, 1.82) is 5.26 Å². The lowest BCUT2D eigenvalue weighted by Gasteiger charge is -2.06. The van der Waals surface area contributed by atoms with Crippen LogP contribution in [0.5, 0.6) is 5.75 Å². The van der Waals surface area contributed by atoms with Gasteiger partial charge >= 0.3 is 5.97 Å². The summed E-state index contributed by atoms with van der Waals surface area (Å²) in [6, 6.07) is 15.8. The molecule has 0 saturated heterocycles. The van der Waals surface area contributed by atoms with Crippen LogP contribution in [0.1, 0.15) is 18.1 Å². The molecule has 1 amide bonds. The summed E-state index contributed by atoms with van der Waals surface area (Å²) in [6.07, 6.45) is 2.83. The highest BCUT2D eigenvalue weighted by atomic mass is 16.5. The van der Waals surface area contributed by atoms with Crippen LogP contribution >= 0.6 is 0 Å². The molecule has 2 aromatic rings. The average Bonchev–Trinajstić information content (AvgIpc) is 2.66. The van der Waals surface area contributed by atoms with Crippen molar-refractivity contribution in [3.05, 3.63) is 65.7 Å². The number of para-hydroxylation sites is 1. The first-order valence-corrected chi connectivity index (χ1v) is 7.99. The summed E-state index contributed by atoms with van der Waals surface area (Å²) in [6.45, 7) is 2.05. The number of nitrogens with zero attached hydrogens (tertiary/aromatic N) is 1. The highest BCUT2D eigenvalue weighted by Crippen LogP contribution is 2.14. The summed E-state index contributed by atoms with van der Waals surface area (Å²) in [5.41, 5.74) is 1.52. The number of hydrogen-bond acceptors (Lipinski definition) is 5. The molecule has 0 aliphatic rings. The van der Waals surface area contributed by atoms with Crippen molar-refractivity contribution < 1.29 is 19.1 Å². The molecule has 0 radical (unpaired) electrons. The van der Waals surface area contributed by atoms with Crippen LogP contribution in [0.4, 0.5) is 5.69 Å². The fraction of sp³-hybridized carbons (Fsp3) is 0.150. The predicted molar refractivity (Wildman–Crippen MR) is 97.4 cm³/mol. The quantitative estimate of drug-likeness (QED) is 0.612. The van der Waals surface area contributed by atoms with Crippen molar-refractivity contribution in [2.24, 2.45) is 0 Å². The van der Waals surface area contributed by atoms with Gasteiger partial charge in [-0.25, -0.2) is 4.79 Å². The zero-order valence-electron chi connectivity index (χ0n) is 14.3. The molecule has 0 aliphatic heterocycles. The van der Waals surface area contributed by atoms with Gasteiger partial charge in [0.1, 0.15) is 11.8 Å². The number of ether oxygens (including phenoxy) is 2. The Morgan fingerprint density at radius 1 is 1.15 bits per heavy atom. The standard InChI is InChI=1S/C20H18N2O4/c1-2-25-17-10-7-15(8-11-17)9-12-20(24)26-14-19(23)22-18-6-4-3-5-16(18)13-21/h3-12H,2,14H2,1H3,(H,22,23)/b12-9+. The van der Waals surface area contributed by atoms with E-state index < -0.39 is 18.5 Å². The van der Waals surface area contributed by atoms with Gasteiger partial charge in [0.25, 0.3) is 5.91 Å². The zero-order valence-corrected chi connectivity index (χ0v) is 14.3. The van der Waals surface area contributed by atoms with Gasteiger partial charge in [0, 0.05) is 6.08 Å². The van der Waals surface area contributed by atoms with E-state index in [1.165, 1.54) is 6.08 Å². The van der Waals surface area contributed by atoms with Gasteiger partial charge in [0.15, 0.2) is 6.61 Å². The van der Waals surface area contributed by atoms with E-state index in [0.29, 0.717) is 17.9 Å². The molecule has 26 heavy (non-hydrogen) atoms. The van der Waals surface area contributed by atoms with Gasteiger partial charge in [0.2, 0.25) is 0 Å². The maximum Gasteiger partial charge on any atom is 0.331 e. The van der Waals surface area contributed by atoms with E-state index in [9.17, 15) is 9.59 Å². The molecule has 0 heterocycles. The van der Waals surface area contributed by atoms with Crippen molar-refractivity contribution in [3.8, 4) is 11.8 Å². The molecule has 0 atom stereocenters. The number of hydrogen-bond donors (Lipinski definition) is 1. The molecule has 1 N–H and O–H groups in total. The van der Waals surface area contributed by atoms with Crippen molar-refractivity contribution >= 4 is 23.6 Å². The molecule has 0 bridgehead atoms. The molecule has 6 heteroatoms. The van der Waals surface area contributed by atoms with Gasteiger partial charge in [-0.2, -0.15) is 5.26 Å². The largest absolute Gasteiger partial charge is 0.494 e. The molecule has 0 unspecified atom stereocenters. The van der Waals surface area contributed by atoms with Crippen LogP contribution in [-0.2, 0) is 14.3 Å². The summed E-state index contributed by atoms with van der Waals surface area (Å²) >= 11 is 0. The highest BCUT2D eigenvalue weighted by molar-refractivity contribution is 5.95. The first-order valence-electron chi connectivity index (χ1n) is 7.99. The SMILES string of the molecule is CCOc1ccc(/C=C/C(=O)OCC(=O)Nc2ccccc2C#N)cc1. The lowest BCUT2D eigenvalue weighted by Crippen LogP contribution is -2.20. The number of esters is 1. The minimum atomic E-state index is -0.636. The van der Waals surface area contributed by atoms with Gasteiger partial charge in [-0.05, 0) is 42.8 Å². The number of amides is 1. The fourth-order valence-corrected chi connectivity index (χ4v) is 2.07. The summed E-state index contributed by atoms with van der Waals surface area (Å²) in [7, 11) is 0. The van der Waals surface area contributed by atoms with Crippen LogP contribution < -0.4 is 10.1 Å². The molecular weight excluding hydrogens is 332 g/mol. The minimum absolute atomic E-state index is 0.336. The van der Waals surface area contributed by atoms with E-state index >= 15 is 0 Å². The number of carbonyl (C=O) groups is 2. The van der Waals surface area contributed by atoms with Crippen LogP contribution in [0.15, 0.2) is 54.6 Å². The molecule has 0 aliphatic carbocycles. The summed E-state index contributed by atoms with van der Waals surface area (Å²) < 4.78 is 10.2. The van der Waals surface area contributed by atoms with Crippen molar-refractivity contribution in [2.75, 3.05) is 18.5 Å². The third kappa shape index (κ3) is 5.80. The molecule has 132 valence electrons. The topological polar surface area (TPSA) is 88.4 Å². The van der Waals surface area contributed by atoms with E-state index in [1.807, 2.05) is 13.0 Å². The second kappa shape index (κ2) is 9.64. The van der Waals surface area contributed by atoms with E-state index in [0.717, 1.165) is 11.3 Å². The molecule has 0 aromatic heterocycles. The summed E-state index contributed by atoms with van der Waals surface area (Å²) in [5, 5.41) is 11.5. The number of anilines is 1. The molecule has 6 nitrogen and oxygen atoms in total. The van der Waals surface area contributed by atoms with Gasteiger partial charge in [-0.1, -0.05) is 24.3 Å². The fourth-order valence-electron chi connectivity index (χ4n) is 2.07. The van der Waals surface area contributed by atoms with Gasteiger partial charge < -0.3 is 14.8 Å². The van der Waals surface area contributed by atoms with Crippen molar-refractivity contribution in [3.63, 3.8) is 0 Å². The lowest BCUT2D eigenvalue weighted by molar-refractivity contribution is -0.142. The van der Waals surface area contributed by atoms with E-state index in [2.05, 4.69) is 5.32 Å². The number of rotatable bonds is 7. The third-order valence-corrected chi connectivity index (χ3v) is 3.27. The smallest absolute Gasteiger partial charge is 0.331 e. The first kappa shape index (κ1) is 18.7. The molecule has 2 rings (SSSR count). The lowest BCUT2D eigenvalue weighted by atomic mass is 10.2. The summed E-state index contributed by atoms with van der Waals surface area (Å²) in [4.78, 5) is 23.5. The Kier molecular flexibility index (Phi) is 6.95. The Hall–Kier alpha value is -3.59. The zero-order chi connectivity index (χ0) is 18.8. The monoisotopic (exact) mass is 350 g/mol. The van der Waals surface area contributed by atoms with Crippen LogP contribution in [0, 0.1) is 11.3 Å². The molecular formula is C20H18N2O4. The Labute approximate surface area is 151 Å². The summed E-state index contributed by atoms with van der Waals surface area (Å²) in [5.74, 6) is -0.403. The molecule has 2 aromatic carbocycles. The maximum atomic E-state index is 11.8. The number of nitriles is 1. The van der Waals surface area contributed by atoms with E-state index in [4.69, 9.17) is 14.7 Å². The molecule has 0 fully saturated rings. The first-order chi connectivity index (χ1) is 12.6. The maximum absolute atomic E-state index is 11.8. The molecule has 0 saturated carbocycles. The number of nitrogens with one attached hydrogen (secondary N) is 1. The predicted octanol–water partition coefficient (Wildman–Crippen LogP) is 3.15. The van der Waals surface area contributed by atoms with E-state index in [-0.39, 0.29) is 0 Å². The number of benzene rings is 2. The van der Waals surface area contributed by atoms with Crippen LogP contribution in [-0.4, -0.2) is 25.1 Å². The van der Waals surface area contributed by atoms with Crippen molar-refractivity contribution in [1.82, 2.24) is 0 Å². The Morgan fingerprint density at radius 2 is 1.88 bits per heavy atom. The van der Waals surface area contributed by atoms with Crippen LogP contribution in [0.25, 0.3) is 6.08 Å². The molecule has 0 spiro atoms. The van der Waals surface area contributed by atoms with Crippen LogP contribution in [0.2, 0.25) is 0 Å². The van der Waals surface area contributed by atoms with Crippen LogP contribution in [0.3, 0.4) is 0 Å². The Morgan fingerprint density at radius 3 is 2.58 bits per heavy atom. The van der Waals surface area contributed by atoms with Crippen molar-refractivity contribution in [2.45, 2.75) is 6.92 Å². The third-order valence-electron chi connectivity index (χ3n) is 3.27. The second-order valence-electron chi connectivity index (χ2n) is 5.15. The Bertz CT molecular complexity index is 836. The highest BCUT2D eigenvalue weighted by Gasteiger charge is 2.08. The normalized spacial score (nSPS) is 10.2. The van der Waals surface area contributed by atoms with Gasteiger partial charge in [-0.3, -0.25) is 4.79 Å². The van der Waals surface area contributed by atoms with Gasteiger partial charge in [0.05, 0.1) is 17.9 Å². The number of carbonyl (C=O) groups excluding carboxylic acids is 2.